The molecule has 1 aromatic rings. The number of nitrogens with zero attached hydrogens (tertiary/aromatic N) is 1. The van der Waals surface area contributed by atoms with E-state index < -0.39 is 0 Å². The van der Waals surface area contributed by atoms with Gasteiger partial charge in [-0.05, 0) is 37.1 Å². The SMILES string of the molecule is CC(C)C1CNCCCN1C(=O)c1cccc(Cl)c1. The van der Waals surface area contributed by atoms with Crippen molar-refractivity contribution in [1.29, 1.82) is 0 Å². The molecule has 1 fully saturated rings. The highest BCUT2D eigenvalue weighted by Gasteiger charge is 2.28. The fraction of sp³-hybridized carbons (Fsp3) is 0.533. The van der Waals surface area contributed by atoms with Crippen molar-refractivity contribution in [3.63, 3.8) is 0 Å². The van der Waals surface area contributed by atoms with Crippen LogP contribution in [0.1, 0.15) is 30.6 Å². The molecule has 1 aliphatic heterocycles. The number of rotatable bonds is 2. The molecule has 19 heavy (non-hydrogen) atoms. The summed E-state index contributed by atoms with van der Waals surface area (Å²) in [6, 6.07) is 7.45. The molecule has 1 aromatic carbocycles. The van der Waals surface area contributed by atoms with Crippen molar-refractivity contribution < 1.29 is 4.79 Å². The molecule has 0 spiro atoms. The molecule has 1 unspecified atom stereocenters. The van der Waals surface area contributed by atoms with Crippen LogP contribution in [-0.4, -0.2) is 36.5 Å². The molecule has 0 aliphatic carbocycles. The third-order valence-corrected chi connectivity index (χ3v) is 3.84. The Kier molecular flexibility index (Phi) is 4.83. The Bertz CT molecular complexity index is 448. The molecular weight excluding hydrogens is 260 g/mol. The average molecular weight is 281 g/mol. The maximum absolute atomic E-state index is 12.7. The summed E-state index contributed by atoms with van der Waals surface area (Å²) in [5, 5.41) is 4.02. The summed E-state index contributed by atoms with van der Waals surface area (Å²) in [4.78, 5) is 14.7. The second-order valence-electron chi connectivity index (χ2n) is 5.38. The molecule has 104 valence electrons. The molecule has 1 amide bonds. The van der Waals surface area contributed by atoms with E-state index in [1.54, 1.807) is 12.1 Å². The van der Waals surface area contributed by atoms with Crippen LogP contribution in [0, 0.1) is 5.92 Å². The summed E-state index contributed by atoms with van der Waals surface area (Å²) in [6.45, 7) is 6.97. The third kappa shape index (κ3) is 3.48. The van der Waals surface area contributed by atoms with Crippen LogP contribution in [-0.2, 0) is 0 Å². The maximum atomic E-state index is 12.7. The van der Waals surface area contributed by atoms with Gasteiger partial charge in [0.15, 0.2) is 0 Å². The minimum Gasteiger partial charge on any atom is -0.334 e. The van der Waals surface area contributed by atoms with Gasteiger partial charge in [-0.2, -0.15) is 0 Å². The van der Waals surface area contributed by atoms with Crippen molar-refractivity contribution >= 4 is 17.5 Å². The minimum atomic E-state index is 0.0879. The largest absolute Gasteiger partial charge is 0.334 e. The van der Waals surface area contributed by atoms with E-state index in [0.717, 1.165) is 26.1 Å². The third-order valence-electron chi connectivity index (χ3n) is 3.61. The van der Waals surface area contributed by atoms with Gasteiger partial charge in [0.2, 0.25) is 0 Å². The van der Waals surface area contributed by atoms with Crippen LogP contribution in [0.3, 0.4) is 0 Å². The predicted octanol–water partition coefficient (Wildman–Crippen LogP) is 2.80. The summed E-state index contributed by atoms with van der Waals surface area (Å²) in [6.07, 6.45) is 0.996. The molecule has 0 bridgehead atoms. The predicted molar refractivity (Wildman–Crippen MR) is 78.6 cm³/mol. The zero-order valence-corrected chi connectivity index (χ0v) is 12.3. The van der Waals surface area contributed by atoms with Crippen molar-refractivity contribution in [2.24, 2.45) is 5.92 Å². The molecule has 0 radical (unpaired) electrons. The topological polar surface area (TPSA) is 32.3 Å². The smallest absolute Gasteiger partial charge is 0.254 e. The first-order chi connectivity index (χ1) is 9.09. The summed E-state index contributed by atoms with van der Waals surface area (Å²) in [5.74, 6) is 0.527. The van der Waals surface area contributed by atoms with Gasteiger partial charge in [-0.15, -0.1) is 0 Å². The second-order valence-corrected chi connectivity index (χ2v) is 5.81. The Labute approximate surface area is 119 Å². The Hall–Kier alpha value is -1.06. The summed E-state index contributed by atoms with van der Waals surface area (Å²) in [5.41, 5.74) is 0.681. The average Bonchev–Trinajstić information content (AvgIpc) is 2.63. The number of carbonyl (C=O) groups is 1. The maximum Gasteiger partial charge on any atom is 0.254 e. The first-order valence-corrected chi connectivity index (χ1v) is 7.24. The minimum absolute atomic E-state index is 0.0879. The van der Waals surface area contributed by atoms with Crippen molar-refractivity contribution in [3.05, 3.63) is 34.9 Å². The lowest BCUT2D eigenvalue weighted by Gasteiger charge is -2.32. The molecular formula is C15H21ClN2O. The van der Waals surface area contributed by atoms with E-state index in [1.165, 1.54) is 0 Å². The van der Waals surface area contributed by atoms with Gasteiger partial charge >= 0.3 is 0 Å². The standard InChI is InChI=1S/C15H21ClN2O/c1-11(2)14-10-17-7-4-8-18(14)15(19)12-5-3-6-13(16)9-12/h3,5-6,9,11,14,17H,4,7-8,10H2,1-2H3. The van der Waals surface area contributed by atoms with Crippen LogP contribution >= 0.6 is 11.6 Å². The normalized spacial score (nSPS) is 20.4. The summed E-state index contributed by atoms with van der Waals surface area (Å²) in [7, 11) is 0. The first kappa shape index (κ1) is 14.4. The van der Waals surface area contributed by atoms with Crippen molar-refractivity contribution in [2.75, 3.05) is 19.6 Å². The van der Waals surface area contributed by atoms with Gasteiger partial charge in [-0.1, -0.05) is 31.5 Å². The molecule has 3 nitrogen and oxygen atoms in total. The van der Waals surface area contributed by atoms with Gasteiger partial charge in [-0.3, -0.25) is 4.79 Å². The van der Waals surface area contributed by atoms with Gasteiger partial charge in [0.1, 0.15) is 0 Å². The van der Waals surface area contributed by atoms with Crippen LogP contribution in [0.5, 0.6) is 0 Å². The highest BCUT2D eigenvalue weighted by Crippen LogP contribution is 2.18. The van der Waals surface area contributed by atoms with Gasteiger partial charge < -0.3 is 10.2 Å². The Balaban J connectivity index is 2.23. The molecule has 4 heteroatoms. The number of hydrogen-bond acceptors (Lipinski definition) is 2. The second kappa shape index (κ2) is 6.40. The van der Waals surface area contributed by atoms with Crippen LogP contribution in [0.4, 0.5) is 0 Å². The van der Waals surface area contributed by atoms with E-state index in [2.05, 4.69) is 19.2 Å². The fourth-order valence-electron chi connectivity index (χ4n) is 2.54. The number of nitrogens with one attached hydrogen (secondary N) is 1. The molecule has 2 rings (SSSR count). The van der Waals surface area contributed by atoms with Crippen molar-refractivity contribution in [3.8, 4) is 0 Å². The quantitative estimate of drug-likeness (QED) is 0.903. The Morgan fingerprint density at radius 1 is 1.47 bits per heavy atom. The van der Waals surface area contributed by atoms with Crippen LogP contribution < -0.4 is 5.32 Å². The van der Waals surface area contributed by atoms with Gasteiger partial charge in [-0.25, -0.2) is 0 Å². The van der Waals surface area contributed by atoms with Crippen LogP contribution in [0.2, 0.25) is 5.02 Å². The zero-order valence-electron chi connectivity index (χ0n) is 11.5. The van der Waals surface area contributed by atoms with E-state index in [9.17, 15) is 4.79 Å². The number of benzene rings is 1. The summed E-state index contributed by atoms with van der Waals surface area (Å²) >= 11 is 5.98. The van der Waals surface area contributed by atoms with E-state index in [-0.39, 0.29) is 11.9 Å². The Morgan fingerprint density at radius 2 is 2.26 bits per heavy atom. The highest BCUT2D eigenvalue weighted by atomic mass is 35.5. The molecule has 1 heterocycles. The van der Waals surface area contributed by atoms with Crippen molar-refractivity contribution in [1.82, 2.24) is 10.2 Å². The Morgan fingerprint density at radius 3 is 2.95 bits per heavy atom. The molecule has 0 saturated carbocycles. The van der Waals surface area contributed by atoms with Crippen molar-refractivity contribution in [2.45, 2.75) is 26.3 Å². The van der Waals surface area contributed by atoms with E-state index in [4.69, 9.17) is 11.6 Å². The van der Waals surface area contributed by atoms with Gasteiger partial charge in [0.05, 0.1) is 0 Å². The summed E-state index contributed by atoms with van der Waals surface area (Å²) < 4.78 is 0. The van der Waals surface area contributed by atoms with E-state index in [0.29, 0.717) is 16.5 Å². The molecule has 1 N–H and O–H groups in total. The lowest BCUT2D eigenvalue weighted by Crippen LogP contribution is -2.46. The lowest BCUT2D eigenvalue weighted by molar-refractivity contribution is 0.0646. The molecule has 1 atom stereocenters. The number of halogens is 1. The highest BCUT2D eigenvalue weighted by molar-refractivity contribution is 6.30. The van der Waals surface area contributed by atoms with Gasteiger partial charge in [0, 0.05) is 29.7 Å². The number of hydrogen-bond donors (Lipinski definition) is 1. The molecule has 1 saturated heterocycles. The van der Waals surface area contributed by atoms with E-state index >= 15 is 0 Å². The van der Waals surface area contributed by atoms with Crippen LogP contribution in [0.15, 0.2) is 24.3 Å². The van der Waals surface area contributed by atoms with E-state index in [1.807, 2.05) is 17.0 Å². The monoisotopic (exact) mass is 280 g/mol. The zero-order chi connectivity index (χ0) is 13.8. The molecule has 0 aromatic heterocycles. The van der Waals surface area contributed by atoms with Crippen LogP contribution in [0.25, 0.3) is 0 Å². The first-order valence-electron chi connectivity index (χ1n) is 6.87. The number of carbonyl (C=O) groups excluding carboxylic acids is 1. The molecule has 1 aliphatic rings. The lowest BCUT2D eigenvalue weighted by atomic mass is 10.0. The number of amides is 1. The van der Waals surface area contributed by atoms with Gasteiger partial charge in [0.25, 0.3) is 5.91 Å². The fourth-order valence-corrected chi connectivity index (χ4v) is 2.73.